The first kappa shape index (κ1) is 12.5. The normalized spacial score (nSPS) is 30.5. The van der Waals surface area contributed by atoms with E-state index in [1.807, 2.05) is 0 Å². The van der Waals surface area contributed by atoms with Crippen LogP contribution in [0.2, 0.25) is 0 Å². The van der Waals surface area contributed by atoms with E-state index in [1.54, 1.807) is 7.05 Å². The molecule has 0 radical (unpaired) electrons. The Labute approximate surface area is 93.0 Å². The number of hydrogen-bond acceptors (Lipinski definition) is 2. The largest absolute Gasteiger partial charge is 0.359 e. The first-order valence-corrected chi connectivity index (χ1v) is 6.09. The first-order valence-electron chi connectivity index (χ1n) is 6.09. The molecule has 3 atom stereocenters. The summed E-state index contributed by atoms with van der Waals surface area (Å²) in [4.78, 5) is 11.0. The van der Waals surface area contributed by atoms with Crippen LogP contribution in [0.25, 0.3) is 0 Å². The molecule has 1 rings (SSSR count). The van der Waals surface area contributed by atoms with Crippen molar-refractivity contribution in [1.82, 2.24) is 10.6 Å². The summed E-state index contributed by atoms with van der Waals surface area (Å²) < 4.78 is 0. The number of carbonyl (C=O) groups excluding carboxylic acids is 1. The third kappa shape index (κ3) is 3.82. The molecule has 0 heterocycles. The number of amides is 1. The second-order valence-corrected chi connectivity index (χ2v) is 4.75. The fourth-order valence-electron chi connectivity index (χ4n) is 2.31. The van der Waals surface area contributed by atoms with E-state index in [4.69, 9.17) is 0 Å². The maximum absolute atomic E-state index is 11.0. The summed E-state index contributed by atoms with van der Waals surface area (Å²) in [5.74, 6) is 1.77. The minimum absolute atomic E-state index is 0.143. The van der Waals surface area contributed by atoms with Gasteiger partial charge in [-0.2, -0.15) is 0 Å². The minimum Gasteiger partial charge on any atom is -0.359 e. The van der Waals surface area contributed by atoms with E-state index in [2.05, 4.69) is 24.5 Å². The van der Waals surface area contributed by atoms with Crippen LogP contribution >= 0.6 is 0 Å². The maximum atomic E-state index is 11.0. The van der Waals surface area contributed by atoms with Crippen molar-refractivity contribution >= 4 is 5.91 Å². The predicted molar refractivity (Wildman–Crippen MR) is 62.7 cm³/mol. The molecule has 0 aromatic carbocycles. The highest BCUT2D eigenvalue weighted by Gasteiger charge is 2.28. The van der Waals surface area contributed by atoms with Crippen molar-refractivity contribution in [3.63, 3.8) is 0 Å². The molecule has 0 spiro atoms. The Morgan fingerprint density at radius 2 is 2.07 bits per heavy atom. The fraction of sp³-hybridized carbons (Fsp3) is 0.917. The van der Waals surface area contributed by atoms with Gasteiger partial charge in [-0.05, 0) is 37.6 Å². The van der Waals surface area contributed by atoms with Crippen LogP contribution < -0.4 is 10.6 Å². The van der Waals surface area contributed by atoms with Crippen LogP contribution in [0.1, 0.15) is 39.5 Å². The topological polar surface area (TPSA) is 41.1 Å². The van der Waals surface area contributed by atoms with E-state index >= 15 is 0 Å². The molecule has 0 aliphatic heterocycles. The summed E-state index contributed by atoms with van der Waals surface area (Å²) in [6, 6.07) is 0.671. The zero-order valence-corrected chi connectivity index (χ0v) is 10.2. The Balaban J connectivity index is 2.08. The molecule has 2 N–H and O–H groups in total. The molecule has 1 saturated carbocycles. The third-order valence-electron chi connectivity index (χ3n) is 3.73. The SMILES string of the molecule is CNC(=O)CCCNC1CCC(C)C1C. The van der Waals surface area contributed by atoms with Crippen molar-refractivity contribution in [1.29, 1.82) is 0 Å². The van der Waals surface area contributed by atoms with Crippen molar-refractivity contribution in [2.24, 2.45) is 11.8 Å². The van der Waals surface area contributed by atoms with Crippen LogP contribution in [0.4, 0.5) is 0 Å². The van der Waals surface area contributed by atoms with Crippen LogP contribution in [0.15, 0.2) is 0 Å². The van der Waals surface area contributed by atoms with Crippen molar-refractivity contribution in [2.75, 3.05) is 13.6 Å². The number of nitrogens with one attached hydrogen (secondary N) is 2. The van der Waals surface area contributed by atoms with Crippen LogP contribution in [-0.4, -0.2) is 25.5 Å². The monoisotopic (exact) mass is 212 g/mol. The zero-order valence-electron chi connectivity index (χ0n) is 10.2. The standard InChI is InChI=1S/C12H24N2O/c1-9-6-7-11(10(9)2)14-8-4-5-12(15)13-3/h9-11,14H,4-8H2,1-3H3,(H,13,15). The Morgan fingerprint density at radius 1 is 1.33 bits per heavy atom. The molecule has 1 amide bonds. The molecule has 1 aliphatic rings. The molecule has 1 aliphatic carbocycles. The average Bonchev–Trinajstić information content (AvgIpc) is 2.55. The van der Waals surface area contributed by atoms with E-state index in [9.17, 15) is 4.79 Å². The highest BCUT2D eigenvalue weighted by atomic mass is 16.1. The number of hydrogen-bond donors (Lipinski definition) is 2. The Hall–Kier alpha value is -0.570. The van der Waals surface area contributed by atoms with Gasteiger partial charge in [0.05, 0.1) is 0 Å². The van der Waals surface area contributed by atoms with Gasteiger partial charge in [-0.3, -0.25) is 4.79 Å². The van der Waals surface area contributed by atoms with Crippen LogP contribution in [0.5, 0.6) is 0 Å². The molecule has 0 aromatic rings. The van der Waals surface area contributed by atoms with Gasteiger partial charge in [-0.25, -0.2) is 0 Å². The Kier molecular flexibility index (Phi) is 5.09. The maximum Gasteiger partial charge on any atom is 0.219 e. The lowest BCUT2D eigenvalue weighted by Gasteiger charge is -2.19. The van der Waals surface area contributed by atoms with Crippen LogP contribution in [0, 0.1) is 11.8 Å². The third-order valence-corrected chi connectivity index (χ3v) is 3.73. The lowest BCUT2D eigenvalue weighted by atomic mass is 9.98. The van der Waals surface area contributed by atoms with Gasteiger partial charge in [0.15, 0.2) is 0 Å². The highest BCUT2D eigenvalue weighted by molar-refractivity contribution is 5.75. The summed E-state index contributed by atoms with van der Waals surface area (Å²) in [5.41, 5.74) is 0. The average molecular weight is 212 g/mol. The lowest BCUT2D eigenvalue weighted by Crippen LogP contribution is -2.33. The summed E-state index contributed by atoms with van der Waals surface area (Å²) in [7, 11) is 1.69. The molecule has 3 heteroatoms. The van der Waals surface area contributed by atoms with E-state index in [0.717, 1.165) is 24.8 Å². The first-order chi connectivity index (χ1) is 7.15. The smallest absolute Gasteiger partial charge is 0.219 e. The van der Waals surface area contributed by atoms with Crippen LogP contribution in [-0.2, 0) is 4.79 Å². The number of rotatable bonds is 5. The van der Waals surface area contributed by atoms with Gasteiger partial charge in [-0.1, -0.05) is 13.8 Å². The Morgan fingerprint density at radius 3 is 2.60 bits per heavy atom. The molecule has 3 unspecified atom stereocenters. The summed E-state index contributed by atoms with van der Waals surface area (Å²) in [5, 5.41) is 6.20. The van der Waals surface area contributed by atoms with Crippen molar-refractivity contribution in [2.45, 2.75) is 45.6 Å². The Bertz CT molecular complexity index is 206. The van der Waals surface area contributed by atoms with Crippen molar-refractivity contribution in [3.05, 3.63) is 0 Å². The molecule has 3 nitrogen and oxygen atoms in total. The molecular formula is C12H24N2O. The number of carbonyl (C=O) groups is 1. The van der Waals surface area contributed by atoms with Gasteiger partial charge < -0.3 is 10.6 Å². The van der Waals surface area contributed by atoms with Crippen molar-refractivity contribution in [3.8, 4) is 0 Å². The van der Waals surface area contributed by atoms with Gasteiger partial charge in [0.1, 0.15) is 0 Å². The lowest BCUT2D eigenvalue weighted by molar-refractivity contribution is -0.120. The van der Waals surface area contributed by atoms with Crippen LogP contribution in [0.3, 0.4) is 0 Å². The molecule has 15 heavy (non-hydrogen) atoms. The second kappa shape index (κ2) is 6.11. The van der Waals surface area contributed by atoms with Gasteiger partial charge in [0.25, 0.3) is 0 Å². The van der Waals surface area contributed by atoms with E-state index in [-0.39, 0.29) is 5.91 Å². The molecule has 0 saturated heterocycles. The molecule has 0 aromatic heterocycles. The van der Waals surface area contributed by atoms with E-state index in [0.29, 0.717) is 12.5 Å². The zero-order chi connectivity index (χ0) is 11.3. The van der Waals surface area contributed by atoms with Gasteiger partial charge >= 0.3 is 0 Å². The highest BCUT2D eigenvalue weighted by Crippen LogP contribution is 2.30. The molecular weight excluding hydrogens is 188 g/mol. The van der Waals surface area contributed by atoms with Gasteiger partial charge in [-0.15, -0.1) is 0 Å². The van der Waals surface area contributed by atoms with Gasteiger partial charge in [0.2, 0.25) is 5.91 Å². The minimum atomic E-state index is 0.143. The summed E-state index contributed by atoms with van der Waals surface area (Å²) >= 11 is 0. The molecule has 1 fully saturated rings. The van der Waals surface area contributed by atoms with Gasteiger partial charge in [0, 0.05) is 19.5 Å². The quantitative estimate of drug-likeness (QED) is 0.679. The molecule has 0 bridgehead atoms. The molecule has 88 valence electrons. The van der Waals surface area contributed by atoms with E-state index < -0.39 is 0 Å². The predicted octanol–water partition coefficient (Wildman–Crippen LogP) is 1.54. The fourth-order valence-corrected chi connectivity index (χ4v) is 2.31. The van der Waals surface area contributed by atoms with Crippen molar-refractivity contribution < 1.29 is 4.79 Å². The second-order valence-electron chi connectivity index (χ2n) is 4.75. The summed E-state index contributed by atoms with van der Waals surface area (Å²) in [6.07, 6.45) is 4.22. The van der Waals surface area contributed by atoms with E-state index in [1.165, 1.54) is 12.8 Å². The summed E-state index contributed by atoms with van der Waals surface area (Å²) in [6.45, 7) is 5.63.